The number of carbonyl (C=O) groups is 1. The van der Waals surface area contributed by atoms with Gasteiger partial charge in [-0.25, -0.2) is 14.2 Å². The van der Waals surface area contributed by atoms with Crippen molar-refractivity contribution in [3.63, 3.8) is 0 Å². The summed E-state index contributed by atoms with van der Waals surface area (Å²) in [6.45, 7) is 0. The lowest BCUT2D eigenvalue weighted by atomic mass is 11.0. The molecule has 1 rings (SSSR count). The molecule has 1 aromatic heterocycles. The highest BCUT2D eigenvalue weighted by molar-refractivity contribution is 6.63. The van der Waals surface area contributed by atoms with Crippen molar-refractivity contribution in [3.8, 4) is 0 Å². The number of aromatic nitrogens is 2. The van der Waals surface area contributed by atoms with Gasteiger partial charge < -0.3 is 4.52 Å². The van der Waals surface area contributed by atoms with Gasteiger partial charge in [-0.3, -0.25) is 4.79 Å². The summed E-state index contributed by atoms with van der Waals surface area (Å²) in [4.78, 5) is 31.6. The molecule has 7 heteroatoms. The van der Waals surface area contributed by atoms with Gasteiger partial charge in [-0.15, -0.1) is 0 Å². The summed E-state index contributed by atoms with van der Waals surface area (Å²) in [6.07, 6.45) is 0. The molecule has 0 radical (unpaired) electrons. The Morgan fingerprint density at radius 1 is 1.55 bits per heavy atom. The molecule has 0 N–H and O–H groups in total. The van der Waals surface area contributed by atoms with E-state index in [2.05, 4.69) is 4.52 Å². The zero-order valence-corrected chi connectivity index (χ0v) is 6.16. The van der Waals surface area contributed by atoms with Gasteiger partial charge in [-0.1, -0.05) is 4.74 Å². The Morgan fingerprint density at radius 3 is 2.27 bits per heavy atom. The van der Waals surface area contributed by atoms with Crippen LogP contribution in [0.5, 0.6) is 0 Å². The second-order valence-corrected chi connectivity index (χ2v) is 2.07. The molecule has 0 saturated heterocycles. The van der Waals surface area contributed by atoms with E-state index in [1.807, 2.05) is 0 Å². The van der Waals surface area contributed by atoms with Gasteiger partial charge in [0.1, 0.15) is 0 Å². The van der Waals surface area contributed by atoms with Gasteiger partial charge in [0.2, 0.25) is 0 Å². The normalized spacial score (nSPS) is 10.0. The molecule has 0 bridgehead atoms. The minimum absolute atomic E-state index is 0.171. The Labute approximate surface area is 64.6 Å². The SMILES string of the molecule is Cn1c(=O)on(C(=O)Cl)c1=O. The minimum Gasteiger partial charge on any atom is -0.308 e. The molecule has 0 aliphatic heterocycles. The molecule has 0 fully saturated rings. The van der Waals surface area contributed by atoms with Crippen LogP contribution in [0.25, 0.3) is 0 Å². The zero-order valence-electron chi connectivity index (χ0n) is 5.41. The minimum atomic E-state index is -1.15. The lowest BCUT2D eigenvalue weighted by molar-refractivity contribution is 0.225. The van der Waals surface area contributed by atoms with Crippen molar-refractivity contribution in [1.82, 2.24) is 9.31 Å². The van der Waals surface area contributed by atoms with E-state index in [0.29, 0.717) is 4.57 Å². The Balaban J connectivity index is 3.55. The molecule has 6 nitrogen and oxygen atoms in total. The summed E-state index contributed by atoms with van der Waals surface area (Å²) in [6, 6.07) is 0. The summed E-state index contributed by atoms with van der Waals surface area (Å²) < 4.78 is 4.93. The van der Waals surface area contributed by atoms with Crippen molar-refractivity contribution in [2.24, 2.45) is 7.05 Å². The maximum absolute atomic E-state index is 10.8. The smallest absolute Gasteiger partial charge is 0.308 e. The molecule has 0 amide bonds. The van der Waals surface area contributed by atoms with Crippen LogP contribution in [-0.4, -0.2) is 14.7 Å². The van der Waals surface area contributed by atoms with Gasteiger partial charge in [0, 0.05) is 7.05 Å². The summed E-state index contributed by atoms with van der Waals surface area (Å²) in [5.74, 6) is -0.927. The third-order valence-corrected chi connectivity index (χ3v) is 1.22. The molecular formula is C4H3ClN2O4. The van der Waals surface area contributed by atoms with Gasteiger partial charge in [-0.2, -0.15) is 0 Å². The fourth-order valence-electron chi connectivity index (χ4n) is 0.504. The van der Waals surface area contributed by atoms with Crippen LogP contribution in [0.1, 0.15) is 0 Å². The van der Waals surface area contributed by atoms with Crippen LogP contribution in [0, 0.1) is 0 Å². The van der Waals surface area contributed by atoms with Crippen LogP contribution in [0.15, 0.2) is 14.1 Å². The topological polar surface area (TPSA) is 74.2 Å². The molecule has 0 aliphatic rings. The van der Waals surface area contributed by atoms with Crippen LogP contribution in [0.2, 0.25) is 0 Å². The van der Waals surface area contributed by atoms with E-state index in [9.17, 15) is 14.4 Å². The number of hydrogen-bond donors (Lipinski definition) is 0. The van der Waals surface area contributed by atoms with Gasteiger partial charge in [0.25, 0.3) is 0 Å². The number of hydrogen-bond acceptors (Lipinski definition) is 4. The average Bonchev–Trinajstić information content (AvgIpc) is 2.17. The maximum Gasteiger partial charge on any atom is 0.442 e. The van der Waals surface area contributed by atoms with Crippen molar-refractivity contribution in [1.29, 1.82) is 0 Å². The first-order valence-corrected chi connectivity index (χ1v) is 2.91. The molecule has 1 aromatic rings. The van der Waals surface area contributed by atoms with Crippen LogP contribution in [0.3, 0.4) is 0 Å². The highest BCUT2D eigenvalue weighted by Gasteiger charge is 2.11. The molecule has 11 heavy (non-hydrogen) atoms. The average molecular weight is 179 g/mol. The summed E-state index contributed by atoms with van der Waals surface area (Å²) in [5, 5.41) is -1.15. The van der Waals surface area contributed by atoms with Crippen molar-refractivity contribution < 1.29 is 9.32 Å². The Kier molecular flexibility index (Phi) is 1.69. The fourth-order valence-corrected chi connectivity index (χ4v) is 0.611. The summed E-state index contributed by atoms with van der Waals surface area (Å²) >= 11 is 4.87. The van der Waals surface area contributed by atoms with E-state index in [1.54, 1.807) is 0 Å². The number of nitrogens with zero attached hydrogens (tertiary/aromatic N) is 2. The molecule has 0 aliphatic carbocycles. The van der Waals surface area contributed by atoms with Crippen LogP contribution < -0.4 is 11.4 Å². The van der Waals surface area contributed by atoms with Gasteiger partial charge in [0.15, 0.2) is 0 Å². The van der Waals surface area contributed by atoms with E-state index in [0.717, 1.165) is 0 Å². The first kappa shape index (κ1) is 7.80. The molecule has 0 unspecified atom stereocenters. The second-order valence-electron chi connectivity index (χ2n) is 1.75. The van der Waals surface area contributed by atoms with Gasteiger partial charge in [-0.05, 0) is 11.6 Å². The van der Waals surface area contributed by atoms with Crippen molar-refractivity contribution >= 4 is 17.0 Å². The van der Waals surface area contributed by atoms with Crippen LogP contribution >= 0.6 is 11.6 Å². The Bertz CT molecular complexity index is 397. The van der Waals surface area contributed by atoms with Crippen LogP contribution in [0.4, 0.5) is 4.79 Å². The number of halogens is 1. The third-order valence-electron chi connectivity index (χ3n) is 1.06. The first-order chi connectivity index (χ1) is 5.04. The van der Waals surface area contributed by atoms with Crippen molar-refractivity contribution in [2.75, 3.05) is 0 Å². The van der Waals surface area contributed by atoms with E-state index in [4.69, 9.17) is 11.6 Å². The highest BCUT2D eigenvalue weighted by Crippen LogP contribution is 1.83. The lowest BCUT2D eigenvalue weighted by Gasteiger charge is -1.82. The molecule has 0 atom stereocenters. The largest absolute Gasteiger partial charge is 0.442 e. The number of rotatable bonds is 0. The summed E-state index contributed by atoms with van der Waals surface area (Å²) in [5.41, 5.74) is -0.894. The Hall–Kier alpha value is -1.30. The fraction of sp³-hybridized carbons (Fsp3) is 0.250. The first-order valence-electron chi connectivity index (χ1n) is 2.53. The zero-order chi connectivity index (χ0) is 8.59. The summed E-state index contributed by atoms with van der Waals surface area (Å²) in [7, 11) is 1.17. The quantitative estimate of drug-likeness (QED) is 0.495. The third kappa shape index (κ3) is 1.12. The van der Waals surface area contributed by atoms with E-state index in [-0.39, 0.29) is 4.74 Å². The van der Waals surface area contributed by atoms with Crippen molar-refractivity contribution in [2.45, 2.75) is 0 Å². The standard InChI is InChI=1S/C4H3ClN2O4/c1-6-3(9)7(2(5)8)11-4(6)10/h1H3. The highest BCUT2D eigenvalue weighted by atomic mass is 35.5. The maximum atomic E-state index is 10.8. The molecule has 0 aromatic carbocycles. The van der Waals surface area contributed by atoms with E-state index >= 15 is 0 Å². The monoisotopic (exact) mass is 178 g/mol. The Morgan fingerprint density at radius 2 is 2.09 bits per heavy atom. The molecule has 1 heterocycles. The predicted octanol–water partition coefficient (Wildman–Crippen LogP) is -0.653. The van der Waals surface area contributed by atoms with Crippen molar-refractivity contribution in [3.05, 3.63) is 21.0 Å². The lowest BCUT2D eigenvalue weighted by Crippen LogP contribution is -2.27. The van der Waals surface area contributed by atoms with E-state index < -0.39 is 16.8 Å². The second kappa shape index (κ2) is 2.39. The molecule has 0 saturated carbocycles. The van der Waals surface area contributed by atoms with Gasteiger partial charge >= 0.3 is 16.8 Å². The number of carbonyl (C=O) groups excluding carboxylic acids is 1. The molecular weight excluding hydrogens is 176 g/mol. The van der Waals surface area contributed by atoms with Crippen LogP contribution in [-0.2, 0) is 7.05 Å². The van der Waals surface area contributed by atoms with E-state index in [1.165, 1.54) is 7.05 Å². The predicted molar refractivity (Wildman–Crippen MR) is 34.9 cm³/mol. The molecule has 0 spiro atoms. The van der Waals surface area contributed by atoms with Gasteiger partial charge in [0.05, 0.1) is 0 Å². The molecule has 60 valence electrons.